The van der Waals surface area contributed by atoms with Crippen molar-refractivity contribution in [3.05, 3.63) is 77.6 Å². The molecule has 0 aliphatic rings. The zero-order valence-corrected chi connectivity index (χ0v) is 11.5. The van der Waals surface area contributed by atoms with Gasteiger partial charge in [0.25, 0.3) is 0 Å². The van der Waals surface area contributed by atoms with Gasteiger partial charge in [0.2, 0.25) is 0 Å². The van der Waals surface area contributed by atoms with Crippen molar-refractivity contribution in [2.24, 2.45) is 0 Å². The third-order valence-electron chi connectivity index (χ3n) is 3.45. The van der Waals surface area contributed by atoms with Crippen LogP contribution >= 0.6 is 0 Å². The van der Waals surface area contributed by atoms with Crippen LogP contribution in [0.5, 0.6) is 5.75 Å². The first kappa shape index (κ1) is 13.3. The molecule has 3 aromatic carbocycles. The van der Waals surface area contributed by atoms with Gasteiger partial charge in [0.05, 0.1) is 7.11 Å². The van der Waals surface area contributed by atoms with Gasteiger partial charge < -0.3 is 4.74 Å². The molecule has 3 heteroatoms. The van der Waals surface area contributed by atoms with Crippen molar-refractivity contribution in [1.82, 2.24) is 0 Å². The van der Waals surface area contributed by atoms with E-state index in [-0.39, 0.29) is 11.5 Å². The molecule has 0 saturated heterocycles. The molecule has 0 aliphatic heterocycles. The van der Waals surface area contributed by atoms with Gasteiger partial charge in [-0.3, -0.25) is 4.79 Å². The molecule has 104 valence electrons. The number of fused-ring (bicyclic) bond motifs is 1. The zero-order chi connectivity index (χ0) is 14.8. The van der Waals surface area contributed by atoms with Gasteiger partial charge in [-0.25, -0.2) is 4.39 Å². The van der Waals surface area contributed by atoms with Crippen LogP contribution < -0.4 is 4.74 Å². The average molecular weight is 280 g/mol. The van der Waals surface area contributed by atoms with Crippen LogP contribution in [0, 0.1) is 5.82 Å². The molecule has 0 saturated carbocycles. The van der Waals surface area contributed by atoms with Crippen molar-refractivity contribution in [2.75, 3.05) is 7.11 Å². The van der Waals surface area contributed by atoms with E-state index < -0.39 is 5.82 Å². The first-order valence-corrected chi connectivity index (χ1v) is 6.56. The molecule has 0 N–H and O–H groups in total. The number of carbonyl (C=O) groups excluding carboxylic acids is 1. The molecule has 2 nitrogen and oxygen atoms in total. The van der Waals surface area contributed by atoms with E-state index in [9.17, 15) is 9.18 Å². The minimum Gasteiger partial charge on any atom is -0.494 e. The van der Waals surface area contributed by atoms with Crippen molar-refractivity contribution >= 4 is 16.6 Å². The fraction of sp³-hybridized carbons (Fsp3) is 0.0556. The van der Waals surface area contributed by atoms with Crippen molar-refractivity contribution in [3.63, 3.8) is 0 Å². The number of ketones is 1. The van der Waals surface area contributed by atoms with E-state index in [1.165, 1.54) is 25.3 Å². The fourth-order valence-corrected chi connectivity index (χ4v) is 2.38. The summed E-state index contributed by atoms with van der Waals surface area (Å²) in [7, 11) is 1.38. The van der Waals surface area contributed by atoms with Gasteiger partial charge in [0.15, 0.2) is 17.3 Å². The van der Waals surface area contributed by atoms with Gasteiger partial charge in [-0.05, 0) is 29.0 Å². The molecule has 0 unspecified atom stereocenters. The maximum atomic E-state index is 13.5. The number of ether oxygens (including phenoxy) is 1. The lowest BCUT2D eigenvalue weighted by atomic mass is 9.97. The molecule has 0 spiro atoms. The molecule has 3 rings (SSSR count). The van der Waals surface area contributed by atoms with E-state index in [4.69, 9.17) is 4.74 Å². The maximum Gasteiger partial charge on any atom is 0.193 e. The summed E-state index contributed by atoms with van der Waals surface area (Å²) in [6, 6.07) is 17.4. The minimum absolute atomic E-state index is 0.0705. The normalized spacial score (nSPS) is 10.6. The number of carbonyl (C=O) groups is 1. The molecule has 0 bridgehead atoms. The first-order chi connectivity index (χ1) is 10.2. The lowest BCUT2D eigenvalue weighted by Crippen LogP contribution is -2.03. The van der Waals surface area contributed by atoms with E-state index in [1.807, 2.05) is 36.4 Å². The Hall–Kier alpha value is -2.68. The van der Waals surface area contributed by atoms with Gasteiger partial charge in [0.1, 0.15) is 0 Å². The quantitative estimate of drug-likeness (QED) is 0.671. The molecule has 0 aromatic heterocycles. The van der Waals surface area contributed by atoms with E-state index in [0.717, 1.165) is 10.8 Å². The Kier molecular flexibility index (Phi) is 3.40. The van der Waals surface area contributed by atoms with Crippen LogP contribution in [0.1, 0.15) is 15.9 Å². The molecule has 0 amide bonds. The van der Waals surface area contributed by atoms with Crippen LogP contribution in [0.15, 0.2) is 60.7 Å². The Morgan fingerprint density at radius 1 is 1.00 bits per heavy atom. The highest BCUT2D eigenvalue weighted by Gasteiger charge is 2.14. The first-order valence-electron chi connectivity index (χ1n) is 6.56. The molecular formula is C18H13FO2. The molecule has 3 aromatic rings. The Morgan fingerprint density at radius 2 is 1.76 bits per heavy atom. The summed E-state index contributed by atoms with van der Waals surface area (Å²) in [6.07, 6.45) is 0. The monoisotopic (exact) mass is 280 g/mol. The fourth-order valence-electron chi connectivity index (χ4n) is 2.38. The van der Waals surface area contributed by atoms with Crippen molar-refractivity contribution in [2.45, 2.75) is 0 Å². The van der Waals surface area contributed by atoms with Gasteiger partial charge >= 0.3 is 0 Å². The molecule has 0 atom stereocenters. The highest BCUT2D eigenvalue weighted by molar-refractivity contribution is 6.16. The lowest BCUT2D eigenvalue weighted by molar-refractivity contribution is 0.104. The number of hydrogen-bond acceptors (Lipinski definition) is 2. The van der Waals surface area contributed by atoms with E-state index in [0.29, 0.717) is 11.1 Å². The maximum absolute atomic E-state index is 13.5. The highest BCUT2D eigenvalue weighted by atomic mass is 19.1. The summed E-state index contributed by atoms with van der Waals surface area (Å²) in [5.41, 5.74) is 1.01. The van der Waals surface area contributed by atoms with Crippen molar-refractivity contribution < 1.29 is 13.9 Å². The lowest BCUT2D eigenvalue weighted by Gasteiger charge is -2.08. The van der Waals surface area contributed by atoms with Gasteiger partial charge in [0, 0.05) is 11.1 Å². The average Bonchev–Trinajstić information content (AvgIpc) is 2.54. The van der Waals surface area contributed by atoms with Crippen LogP contribution in [0.2, 0.25) is 0 Å². The smallest absolute Gasteiger partial charge is 0.193 e. The van der Waals surface area contributed by atoms with Gasteiger partial charge in [-0.2, -0.15) is 0 Å². The second-order valence-electron chi connectivity index (χ2n) is 4.71. The van der Waals surface area contributed by atoms with E-state index in [1.54, 1.807) is 6.07 Å². The number of rotatable bonds is 3. The highest BCUT2D eigenvalue weighted by Crippen LogP contribution is 2.24. The topological polar surface area (TPSA) is 26.3 Å². The molecule has 0 aliphatic carbocycles. The molecule has 0 heterocycles. The second-order valence-corrected chi connectivity index (χ2v) is 4.71. The van der Waals surface area contributed by atoms with Crippen LogP contribution in [-0.4, -0.2) is 12.9 Å². The number of halogens is 1. The Bertz CT molecular complexity index is 819. The summed E-state index contributed by atoms with van der Waals surface area (Å²) in [4.78, 5) is 12.7. The van der Waals surface area contributed by atoms with Crippen LogP contribution in [-0.2, 0) is 0 Å². The summed E-state index contributed by atoms with van der Waals surface area (Å²) >= 11 is 0. The van der Waals surface area contributed by atoms with Gasteiger partial charge in [-0.1, -0.05) is 42.5 Å². The summed E-state index contributed by atoms with van der Waals surface area (Å²) in [5, 5.41) is 1.88. The Balaban J connectivity index is 2.13. The predicted octanol–water partition coefficient (Wildman–Crippen LogP) is 4.22. The summed E-state index contributed by atoms with van der Waals surface area (Å²) < 4.78 is 18.4. The van der Waals surface area contributed by atoms with Crippen LogP contribution in [0.25, 0.3) is 10.8 Å². The Labute approximate surface area is 121 Å². The standard InChI is InChI=1S/C18H13FO2/c1-21-17-11-13(9-10-16(17)19)18(20)15-8-4-6-12-5-2-3-7-14(12)15/h2-11H,1H3. The van der Waals surface area contributed by atoms with Crippen LogP contribution in [0.3, 0.4) is 0 Å². The SMILES string of the molecule is COc1cc(C(=O)c2cccc3ccccc23)ccc1F. The molecular weight excluding hydrogens is 267 g/mol. The molecule has 0 fully saturated rings. The molecule has 0 radical (unpaired) electrons. The molecule has 21 heavy (non-hydrogen) atoms. The number of hydrogen-bond donors (Lipinski definition) is 0. The number of methoxy groups -OCH3 is 1. The minimum atomic E-state index is -0.480. The largest absolute Gasteiger partial charge is 0.494 e. The van der Waals surface area contributed by atoms with Crippen LogP contribution in [0.4, 0.5) is 4.39 Å². The number of benzene rings is 3. The zero-order valence-electron chi connectivity index (χ0n) is 11.5. The third-order valence-corrected chi connectivity index (χ3v) is 3.45. The van der Waals surface area contributed by atoms with Gasteiger partial charge in [-0.15, -0.1) is 0 Å². The Morgan fingerprint density at radius 3 is 2.57 bits per heavy atom. The van der Waals surface area contributed by atoms with E-state index in [2.05, 4.69) is 0 Å². The second kappa shape index (κ2) is 5.37. The summed E-state index contributed by atoms with van der Waals surface area (Å²) in [5.74, 6) is -0.557. The third kappa shape index (κ3) is 2.38. The van der Waals surface area contributed by atoms with Crippen molar-refractivity contribution in [3.8, 4) is 5.75 Å². The predicted molar refractivity (Wildman–Crippen MR) is 80.3 cm³/mol. The summed E-state index contributed by atoms with van der Waals surface area (Å²) in [6.45, 7) is 0. The van der Waals surface area contributed by atoms with E-state index >= 15 is 0 Å². The van der Waals surface area contributed by atoms with Crippen molar-refractivity contribution in [1.29, 1.82) is 0 Å².